The molecule has 0 atom stereocenters. The molecular weight excluding hydrogens is 361 g/mol. The van der Waals surface area contributed by atoms with Gasteiger partial charge in [0.2, 0.25) is 11.7 Å². The molecule has 1 aliphatic heterocycles. The molecule has 138 valence electrons. The molecule has 3 aromatic rings. The van der Waals surface area contributed by atoms with Gasteiger partial charge in [0.15, 0.2) is 0 Å². The second kappa shape index (κ2) is 6.49. The Morgan fingerprint density at radius 3 is 2.52 bits per heavy atom. The summed E-state index contributed by atoms with van der Waals surface area (Å²) in [5, 5.41) is 3.90. The summed E-state index contributed by atoms with van der Waals surface area (Å²) in [6, 6.07) is 8.24. The number of benzene rings is 1. The van der Waals surface area contributed by atoms with Gasteiger partial charge in [0.05, 0.1) is 17.0 Å². The van der Waals surface area contributed by atoms with Crippen molar-refractivity contribution in [2.75, 3.05) is 13.1 Å². The highest BCUT2D eigenvalue weighted by Crippen LogP contribution is 2.34. The van der Waals surface area contributed by atoms with Gasteiger partial charge < -0.3 is 9.42 Å². The topological polar surface area (TPSA) is 72.1 Å². The van der Waals surface area contributed by atoms with Crippen LogP contribution in [-0.4, -0.2) is 39.0 Å². The van der Waals surface area contributed by atoms with E-state index in [2.05, 4.69) is 15.1 Å². The van der Waals surface area contributed by atoms with Crippen LogP contribution in [0.1, 0.15) is 27.7 Å². The molecule has 0 saturated carbocycles. The fourth-order valence-corrected chi connectivity index (χ4v) is 2.91. The number of hydrogen-bond donors (Lipinski definition) is 0. The standard InChI is InChI=1S/C18H13F3N4O2/c19-18(20,21)14-4-2-1-3-13(14)17(26)25-9-12(10-25)16-23-15(24-27-16)11-5-7-22-8-6-11/h1-8,12H,9-10H2. The molecule has 9 heteroatoms. The first-order valence-corrected chi connectivity index (χ1v) is 8.13. The SMILES string of the molecule is O=C(c1ccccc1C(F)(F)F)N1CC(c2nc(-c3ccncc3)no2)C1. The molecule has 4 rings (SSSR count). The van der Waals surface area contributed by atoms with E-state index in [0.717, 1.165) is 11.6 Å². The highest BCUT2D eigenvalue weighted by molar-refractivity contribution is 5.96. The van der Waals surface area contributed by atoms with Gasteiger partial charge in [0, 0.05) is 31.0 Å². The summed E-state index contributed by atoms with van der Waals surface area (Å²) in [5.41, 5.74) is -0.547. The summed E-state index contributed by atoms with van der Waals surface area (Å²) in [4.78, 5) is 22.0. The van der Waals surface area contributed by atoms with Crippen LogP contribution in [0.3, 0.4) is 0 Å². The van der Waals surface area contributed by atoms with Crippen LogP contribution >= 0.6 is 0 Å². The van der Waals surface area contributed by atoms with Crippen molar-refractivity contribution in [3.63, 3.8) is 0 Å². The largest absolute Gasteiger partial charge is 0.417 e. The van der Waals surface area contributed by atoms with Gasteiger partial charge in [-0.3, -0.25) is 9.78 Å². The monoisotopic (exact) mass is 374 g/mol. The fourth-order valence-electron chi connectivity index (χ4n) is 2.91. The van der Waals surface area contributed by atoms with Crippen LogP contribution in [0.15, 0.2) is 53.3 Å². The van der Waals surface area contributed by atoms with Crippen LogP contribution in [0, 0.1) is 0 Å². The lowest BCUT2D eigenvalue weighted by Crippen LogP contribution is -2.49. The fraction of sp³-hybridized carbons (Fsp3) is 0.222. The Bertz CT molecular complexity index is 966. The van der Waals surface area contributed by atoms with Crippen LogP contribution < -0.4 is 0 Å². The predicted octanol–water partition coefficient (Wildman–Crippen LogP) is 3.39. The van der Waals surface area contributed by atoms with Gasteiger partial charge in [-0.05, 0) is 24.3 Å². The third kappa shape index (κ3) is 3.27. The van der Waals surface area contributed by atoms with E-state index < -0.39 is 17.6 Å². The normalized spacial score (nSPS) is 14.9. The average Bonchev–Trinajstić information content (AvgIpc) is 3.10. The number of halogens is 3. The zero-order valence-electron chi connectivity index (χ0n) is 13.8. The van der Waals surface area contributed by atoms with Gasteiger partial charge in [0.25, 0.3) is 5.91 Å². The van der Waals surface area contributed by atoms with E-state index >= 15 is 0 Å². The quantitative estimate of drug-likeness (QED) is 0.703. The second-order valence-corrected chi connectivity index (χ2v) is 6.14. The summed E-state index contributed by atoms with van der Waals surface area (Å²) < 4.78 is 44.5. The lowest BCUT2D eigenvalue weighted by atomic mass is 9.97. The maximum absolute atomic E-state index is 13.1. The van der Waals surface area contributed by atoms with E-state index in [4.69, 9.17) is 4.52 Å². The van der Waals surface area contributed by atoms with Crippen molar-refractivity contribution in [2.45, 2.75) is 12.1 Å². The first kappa shape index (κ1) is 17.2. The molecule has 1 aliphatic rings. The average molecular weight is 374 g/mol. The Morgan fingerprint density at radius 2 is 1.81 bits per heavy atom. The minimum Gasteiger partial charge on any atom is -0.339 e. The number of rotatable bonds is 3. The lowest BCUT2D eigenvalue weighted by molar-refractivity contribution is -0.138. The Balaban J connectivity index is 1.46. The number of alkyl halides is 3. The van der Waals surface area contributed by atoms with Crippen molar-refractivity contribution in [1.82, 2.24) is 20.0 Å². The predicted molar refractivity (Wildman–Crippen MR) is 87.6 cm³/mol. The Morgan fingerprint density at radius 1 is 1.11 bits per heavy atom. The summed E-state index contributed by atoms with van der Waals surface area (Å²) in [5.74, 6) is -0.0994. The Kier molecular flexibility index (Phi) is 4.14. The molecule has 1 saturated heterocycles. The number of likely N-dealkylation sites (tertiary alicyclic amines) is 1. The molecule has 0 unspecified atom stereocenters. The number of carbonyl (C=O) groups excluding carboxylic acids is 1. The van der Waals surface area contributed by atoms with Gasteiger partial charge >= 0.3 is 6.18 Å². The third-order valence-corrected chi connectivity index (χ3v) is 4.36. The van der Waals surface area contributed by atoms with E-state index in [1.54, 1.807) is 24.5 Å². The van der Waals surface area contributed by atoms with Crippen LogP contribution in [-0.2, 0) is 6.18 Å². The van der Waals surface area contributed by atoms with Crippen molar-refractivity contribution in [1.29, 1.82) is 0 Å². The maximum atomic E-state index is 13.1. The smallest absolute Gasteiger partial charge is 0.339 e. The first-order valence-electron chi connectivity index (χ1n) is 8.13. The Labute approximate surface area is 151 Å². The minimum atomic E-state index is -4.58. The minimum absolute atomic E-state index is 0.199. The number of pyridine rings is 1. The number of aromatic nitrogens is 3. The number of carbonyl (C=O) groups is 1. The van der Waals surface area contributed by atoms with E-state index in [9.17, 15) is 18.0 Å². The highest BCUT2D eigenvalue weighted by Gasteiger charge is 2.40. The van der Waals surface area contributed by atoms with Gasteiger partial charge in [0.1, 0.15) is 0 Å². The van der Waals surface area contributed by atoms with Crippen LogP contribution in [0.5, 0.6) is 0 Å². The molecule has 27 heavy (non-hydrogen) atoms. The molecule has 1 aromatic carbocycles. The number of amides is 1. The van der Waals surface area contributed by atoms with Crippen molar-refractivity contribution >= 4 is 5.91 Å². The van der Waals surface area contributed by atoms with E-state index in [-0.39, 0.29) is 24.6 Å². The van der Waals surface area contributed by atoms with E-state index in [1.807, 2.05) is 0 Å². The molecule has 0 aliphatic carbocycles. The summed E-state index contributed by atoms with van der Waals surface area (Å²) in [6.45, 7) is 0.450. The van der Waals surface area contributed by atoms with Crippen molar-refractivity contribution in [3.8, 4) is 11.4 Å². The molecule has 0 bridgehead atoms. The van der Waals surface area contributed by atoms with Gasteiger partial charge in [-0.15, -0.1) is 0 Å². The first-order chi connectivity index (χ1) is 12.9. The van der Waals surface area contributed by atoms with Crippen molar-refractivity contribution in [3.05, 3.63) is 65.8 Å². The molecule has 0 radical (unpaired) electrons. The molecule has 0 N–H and O–H groups in total. The van der Waals surface area contributed by atoms with Crippen LogP contribution in [0.4, 0.5) is 13.2 Å². The van der Waals surface area contributed by atoms with E-state index in [1.165, 1.54) is 23.1 Å². The highest BCUT2D eigenvalue weighted by atomic mass is 19.4. The third-order valence-electron chi connectivity index (χ3n) is 4.36. The number of nitrogens with zero attached hydrogens (tertiary/aromatic N) is 4. The number of hydrogen-bond acceptors (Lipinski definition) is 5. The second-order valence-electron chi connectivity index (χ2n) is 6.14. The van der Waals surface area contributed by atoms with Crippen LogP contribution in [0.2, 0.25) is 0 Å². The molecule has 0 spiro atoms. The summed E-state index contributed by atoms with van der Waals surface area (Å²) in [7, 11) is 0. The molecule has 1 fully saturated rings. The molecule has 3 heterocycles. The van der Waals surface area contributed by atoms with E-state index in [0.29, 0.717) is 11.7 Å². The molecule has 6 nitrogen and oxygen atoms in total. The molecule has 1 amide bonds. The van der Waals surface area contributed by atoms with Gasteiger partial charge in [-0.25, -0.2) is 0 Å². The van der Waals surface area contributed by atoms with Crippen molar-refractivity contribution in [2.24, 2.45) is 0 Å². The Hall–Kier alpha value is -3.23. The molecular formula is C18H13F3N4O2. The molecule has 2 aromatic heterocycles. The van der Waals surface area contributed by atoms with Crippen molar-refractivity contribution < 1.29 is 22.5 Å². The lowest BCUT2D eigenvalue weighted by Gasteiger charge is -2.37. The summed E-state index contributed by atoms with van der Waals surface area (Å²) in [6.07, 6.45) is -1.37. The van der Waals surface area contributed by atoms with Gasteiger partial charge in [-0.2, -0.15) is 18.2 Å². The zero-order valence-corrected chi connectivity index (χ0v) is 13.8. The zero-order chi connectivity index (χ0) is 19.0. The summed E-state index contributed by atoms with van der Waals surface area (Å²) >= 11 is 0. The van der Waals surface area contributed by atoms with Gasteiger partial charge in [-0.1, -0.05) is 17.3 Å². The maximum Gasteiger partial charge on any atom is 0.417 e. The van der Waals surface area contributed by atoms with Crippen LogP contribution in [0.25, 0.3) is 11.4 Å².